The van der Waals surface area contributed by atoms with Crippen molar-refractivity contribution in [1.82, 2.24) is 4.90 Å². The average Bonchev–Trinajstić information content (AvgIpc) is 2.39. The highest BCUT2D eigenvalue weighted by Crippen LogP contribution is 2.11. The molecule has 1 unspecified atom stereocenters. The molecule has 12 heavy (non-hydrogen) atoms. The van der Waals surface area contributed by atoms with Gasteiger partial charge in [-0.25, -0.2) is 0 Å². The number of rotatable bonds is 2. The maximum atomic E-state index is 5.64. The van der Waals surface area contributed by atoms with Crippen molar-refractivity contribution < 1.29 is 4.74 Å². The van der Waals surface area contributed by atoms with Crippen LogP contribution in [0.2, 0.25) is 0 Å². The van der Waals surface area contributed by atoms with Crippen molar-refractivity contribution in [3.63, 3.8) is 0 Å². The quantitative estimate of drug-likeness (QED) is 0.634. The van der Waals surface area contributed by atoms with E-state index in [4.69, 9.17) is 4.74 Å². The largest absolute Gasteiger partial charge is 0.374 e. The fourth-order valence-electron chi connectivity index (χ4n) is 1.39. The normalized spacial score (nSPS) is 24.0. The number of likely N-dealkylation sites (N-methyl/N-ethyl adjacent to an activating group) is 1. The maximum Gasteiger partial charge on any atom is 0.0717 e. The molecule has 0 aromatic rings. The van der Waals surface area contributed by atoms with E-state index in [9.17, 15) is 0 Å². The summed E-state index contributed by atoms with van der Waals surface area (Å²) >= 11 is 0. The third kappa shape index (κ3) is 4.73. The monoisotopic (exact) mass is 173 g/mol. The van der Waals surface area contributed by atoms with E-state index in [1.165, 1.54) is 13.0 Å². The van der Waals surface area contributed by atoms with E-state index in [0.29, 0.717) is 12.2 Å². The molecule has 1 fully saturated rings. The number of hydrogen-bond acceptors (Lipinski definition) is 2. The highest BCUT2D eigenvalue weighted by molar-refractivity contribution is 4.73. The van der Waals surface area contributed by atoms with Gasteiger partial charge in [-0.05, 0) is 27.3 Å². The van der Waals surface area contributed by atoms with Gasteiger partial charge in [0.2, 0.25) is 0 Å². The minimum Gasteiger partial charge on any atom is -0.374 e. The third-order valence-corrected chi connectivity index (χ3v) is 1.81. The molecular weight excluding hydrogens is 150 g/mol. The highest BCUT2D eigenvalue weighted by atomic mass is 16.5. The Labute approximate surface area is 76.9 Å². The Hall–Kier alpha value is -0.0800. The summed E-state index contributed by atoms with van der Waals surface area (Å²) in [5, 5.41) is 0. The van der Waals surface area contributed by atoms with Crippen molar-refractivity contribution in [2.24, 2.45) is 0 Å². The fraction of sp³-hybridized carbons (Fsp3) is 1.00. The van der Waals surface area contributed by atoms with Gasteiger partial charge in [0.05, 0.1) is 12.2 Å². The van der Waals surface area contributed by atoms with Crippen molar-refractivity contribution >= 4 is 0 Å². The predicted octanol–water partition coefficient (Wildman–Crippen LogP) is 2.14. The molecule has 2 nitrogen and oxygen atoms in total. The van der Waals surface area contributed by atoms with Crippen LogP contribution in [0.5, 0.6) is 0 Å². The second-order valence-corrected chi connectivity index (χ2v) is 3.36. The molecular formula is C10H23NO. The van der Waals surface area contributed by atoms with E-state index in [2.05, 4.69) is 25.8 Å². The van der Waals surface area contributed by atoms with Gasteiger partial charge in [-0.3, -0.25) is 0 Å². The lowest BCUT2D eigenvalue weighted by Gasteiger charge is -2.14. The van der Waals surface area contributed by atoms with E-state index in [-0.39, 0.29) is 0 Å². The Morgan fingerprint density at radius 2 is 1.92 bits per heavy atom. The maximum absolute atomic E-state index is 5.64. The van der Waals surface area contributed by atoms with Crippen LogP contribution in [0.4, 0.5) is 0 Å². The summed E-state index contributed by atoms with van der Waals surface area (Å²) < 4.78 is 5.64. The Balaban J connectivity index is 0.000000561. The number of nitrogens with zero attached hydrogens (tertiary/aromatic N) is 1. The van der Waals surface area contributed by atoms with Crippen LogP contribution in [0.25, 0.3) is 0 Å². The fourth-order valence-corrected chi connectivity index (χ4v) is 1.39. The summed E-state index contributed by atoms with van der Waals surface area (Å²) in [7, 11) is 2.14. The van der Waals surface area contributed by atoms with Crippen LogP contribution in [-0.2, 0) is 4.74 Å². The topological polar surface area (TPSA) is 12.5 Å². The van der Waals surface area contributed by atoms with Crippen molar-refractivity contribution in [2.45, 2.75) is 46.3 Å². The van der Waals surface area contributed by atoms with Gasteiger partial charge in [-0.2, -0.15) is 0 Å². The molecule has 0 aromatic carbocycles. The molecule has 1 heterocycles. The summed E-state index contributed by atoms with van der Waals surface area (Å²) in [6, 6.07) is 0. The molecule has 1 atom stereocenters. The van der Waals surface area contributed by atoms with Gasteiger partial charge < -0.3 is 9.64 Å². The Bertz CT molecular complexity index is 104. The van der Waals surface area contributed by atoms with Gasteiger partial charge in [0.1, 0.15) is 0 Å². The minimum absolute atomic E-state index is 0.386. The third-order valence-electron chi connectivity index (χ3n) is 1.81. The van der Waals surface area contributed by atoms with E-state index >= 15 is 0 Å². The average molecular weight is 173 g/mol. The first-order valence-corrected chi connectivity index (χ1v) is 5.02. The molecule has 0 bridgehead atoms. The summed E-state index contributed by atoms with van der Waals surface area (Å²) in [6.45, 7) is 10.5. The van der Waals surface area contributed by atoms with Crippen LogP contribution in [0.15, 0.2) is 0 Å². The van der Waals surface area contributed by atoms with E-state index < -0.39 is 0 Å². The van der Waals surface area contributed by atoms with E-state index in [0.717, 1.165) is 6.54 Å². The van der Waals surface area contributed by atoms with Gasteiger partial charge in [-0.1, -0.05) is 13.8 Å². The zero-order valence-corrected chi connectivity index (χ0v) is 9.13. The Kier molecular flexibility index (Phi) is 6.39. The zero-order valence-electron chi connectivity index (χ0n) is 9.13. The lowest BCUT2D eigenvalue weighted by Crippen LogP contribution is -2.21. The first-order valence-electron chi connectivity index (χ1n) is 5.02. The Morgan fingerprint density at radius 3 is 2.25 bits per heavy atom. The van der Waals surface area contributed by atoms with Crippen LogP contribution >= 0.6 is 0 Å². The van der Waals surface area contributed by atoms with Gasteiger partial charge in [0.15, 0.2) is 0 Å². The first-order chi connectivity index (χ1) is 5.68. The van der Waals surface area contributed by atoms with Crippen LogP contribution in [0, 0.1) is 0 Å². The molecule has 1 rings (SSSR count). The van der Waals surface area contributed by atoms with Crippen molar-refractivity contribution in [1.29, 1.82) is 0 Å². The second-order valence-electron chi connectivity index (χ2n) is 3.36. The van der Waals surface area contributed by atoms with Crippen LogP contribution < -0.4 is 0 Å². The molecule has 0 spiro atoms. The first kappa shape index (κ1) is 11.9. The molecule has 0 aliphatic carbocycles. The van der Waals surface area contributed by atoms with Gasteiger partial charge >= 0.3 is 0 Å². The van der Waals surface area contributed by atoms with Crippen LogP contribution in [0.1, 0.15) is 34.1 Å². The lowest BCUT2D eigenvalue weighted by atomic mass is 10.3. The SMILES string of the molecule is CC.CC(C)OC1CCN(C)C1. The molecule has 0 N–H and O–H groups in total. The predicted molar refractivity (Wildman–Crippen MR) is 53.5 cm³/mol. The second kappa shape index (κ2) is 6.44. The van der Waals surface area contributed by atoms with Crippen LogP contribution in [0.3, 0.4) is 0 Å². The van der Waals surface area contributed by atoms with Gasteiger partial charge in [0, 0.05) is 13.1 Å². The van der Waals surface area contributed by atoms with Crippen LogP contribution in [-0.4, -0.2) is 37.2 Å². The summed E-state index contributed by atoms with van der Waals surface area (Å²) in [4.78, 5) is 2.31. The molecule has 1 aliphatic rings. The minimum atomic E-state index is 0.386. The van der Waals surface area contributed by atoms with Crippen molar-refractivity contribution in [3.8, 4) is 0 Å². The molecule has 1 saturated heterocycles. The molecule has 1 aliphatic heterocycles. The molecule has 0 amide bonds. The lowest BCUT2D eigenvalue weighted by molar-refractivity contribution is 0.0153. The molecule has 0 aromatic heterocycles. The summed E-state index contributed by atoms with van der Waals surface area (Å²) in [5.41, 5.74) is 0. The standard InChI is InChI=1S/C8H17NO.C2H6/c1-7(2)10-8-4-5-9(3)6-8;1-2/h7-8H,4-6H2,1-3H3;1-2H3. The number of ether oxygens (including phenoxy) is 1. The molecule has 2 heteroatoms. The zero-order chi connectivity index (χ0) is 9.56. The smallest absolute Gasteiger partial charge is 0.0717 e. The van der Waals surface area contributed by atoms with Gasteiger partial charge in [-0.15, -0.1) is 0 Å². The van der Waals surface area contributed by atoms with E-state index in [1.54, 1.807) is 0 Å². The molecule has 0 radical (unpaired) electrons. The van der Waals surface area contributed by atoms with Crippen molar-refractivity contribution in [2.75, 3.05) is 20.1 Å². The summed E-state index contributed by atoms with van der Waals surface area (Å²) in [5.74, 6) is 0. The Morgan fingerprint density at radius 1 is 1.33 bits per heavy atom. The van der Waals surface area contributed by atoms with E-state index in [1.807, 2.05) is 13.8 Å². The molecule has 74 valence electrons. The highest BCUT2D eigenvalue weighted by Gasteiger charge is 2.20. The summed E-state index contributed by atoms with van der Waals surface area (Å²) in [6.07, 6.45) is 2.08. The van der Waals surface area contributed by atoms with Gasteiger partial charge in [0.25, 0.3) is 0 Å². The van der Waals surface area contributed by atoms with Crippen molar-refractivity contribution in [3.05, 3.63) is 0 Å². The number of likely N-dealkylation sites (tertiary alicyclic amines) is 1. The number of hydrogen-bond donors (Lipinski definition) is 0. The molecule has 0 saturated carbocycles.